The molecule has 3 aromatic rings. The fourth-order valence-electron chi connectivity index (χ4n) is 2.04. The lowest BCUT2D eigenvalue weighted by molar-refractivity contribution is 0.262. The topological polar surface area (TPSA) is 76.4 Å². The lowest BCUT2D eigenvalue weighted by Crippen LogP contribution is -2.19. The number of nitrogens with zero attached hydrogens (tertiary/aromatic N) is 1. The molecule has 0 unspecified atom stereocenters. The van der Waals surface area contributed by atoms with Crippen molar-refractivity contribution in [3.05, 3.63) is 59.6 Å². The molecule has 0 atom stereocenters. The lowest BCUT2D eigenvalue weighted by Gasteiger charge is -2.04. The minimum atomic E-state index is -0.424. The van der Waals surface area contributed by atoms with Gasteiger partial charge in [-0.1, -0.05) is 16.8 Å². The minimum absolute atomic E-state index is 0.312. The highest BCUT2D eigenvalue weighted by molar-refractivity contribution is 6.30. The largest absolute Gasteiger partial charge is 0.497 e. The normalized spacial score (nSPS) is 10.2. The third-order valence-electron chi connectivity index (χ3n) is 3.23. The van der Waals surface area contributed by atoms with Gasteiger partial charge in [0.1, 0.15) is 5.75 Å². The highest BCUT2D eigenvalue weighted by atomic mass is 35.5. The van der Waals surface area contributed by atoms with Gasteiger partial charge in [-0.2, -0.15) is 0 Å². The van der Waals surface area contributed by atoms with Crippen LogP contribution in [0, 0.1) is 0 Å². The average Bonchev–Trinajstić information content (AvgIpc) is 3.05. The van der Waals surface area contributed by atoms with E-state index in [1.165, 1.54) is 0 Å². The van der Waals surface area contributed by atoms with E-state index in [1.54, 1.807) is 37.4 Å². The zero-order valence-corrected chi connectivity index (χ0v) is 13.5. The maximum absolute atomic E-state index is 11.9. The molecule has 3 rings (SSSR count). The maximum Gasteiger partial charge on any atom is 0.324 e. The molecule has 0 bridgehead atoms. The molecule has 0 spiro atoms. The Bertz CT molecular complexity index is 829. The average molecular weight is 344 g/mol. The molecule has 24 heavy (non-hydrogen) atoms. The number of ether oxygens (including phenoxy) is 1. The van der Waals surface area contributed by atoms with Gasteiger partial charge in [0.2, 0.25) is 0 Å². The van der Waals surface area contributed by atoms with Crippen molar-refractivity contribution in [2.75, 3.05) is 17.7 Å². The van der Waals surface area contributed by atoms with E-state index < -0.39 is 6.03 Å². The van der Waals surface area contributed by atoms with Crippen molar-refractivity contribution in [3.63, 3.8) is 0 Å². The first-order valence-electron chi connectivity index (χ1n) is 7.09. The van der Waals surface area contributed by atoms with Crippen LogP contribution in [0.25, 0.3) is 11.3 Å². The van der Waals surface area contributed by atoms with Gasteiger partial charge in [-0.25, -0.2) is 4.79 Å². The van der Waals surface area contributed by atoms with Crippen LogP contribution in [0.3, 0.4) is 0 Å². The van der Waals surface area contributed by atoms with E-state index >= 15 is 0 Å². The molecule has 2 aromatic carbocycles. The second-order valence-corrected chi connectivity index (χ2v) is 5.33. The van der Waals surface area contributed by atoms with Crippen LogP contribution in [0.1, 0.15) is 0 Å². The van der Waals surface area contributed by atoms with Gasteiger partial charge in [-0.05, 0) is 48.5 Å². The van der Waals surface area contributed by atoms with E-state index in [9.17, 15) is 4.79 Å². The van der Waals surface area contributed by atoms with E-state index in [2.05, 4.69) is 15.8 Å². The molecule has 0 aliphatic rings. The number of amides is 2. The number of carbonyl (C=O) groups excluding carboxylic acids is 1. The highest BCUT2D eigenvalue weighted by Gasteiger charge is 2.10. The predicted octanol–water partition coefficient (Wildman–Crippen LogP) is 4.65. The Kier molecular flexibility index (Phi) is 4.67. The zero-order chi connectivity index (χ0) is 16.9. The number of halogens is 1. The Balaban J connectivity index is 1.64. The first-order valence-corrected chi connectivity index (χ1v) is 7.46. The summed E-state index contributed by atoms with van der Waals surface area (Å²) in [6.45, 7) is 0. The summed E-state index contributed by atoms with van der Waals surface area (Å²) in [5.41, 5.74) is 1.45. The Labute approximate surface area is 143 Å². The number of anilines is 2. The molecule has 1 heterocycles. The summed E-state index contributed by atoms with van der Waals surface area (Å²) in [5.74, 6) is 1.60. The standard InChI is InChI=1S/C17H14ClN3O3/c1-23-14-8-2-11(3-9-14)15-10-16(21-24-15)20-17(22)19-13-6-4-12(18)5-7-13/h2-10H,1H3,(H2,19,20,21,22). The molecule has 7 heteroatoms. The molecule has 2 amide bonds. The minimum Gasteiger partial charge on any atom is -0.497 e. The first kappa shape index (κ1) is 15.9. The van der Waals surface area contributed by atoms with Crippen molar-refractivity contribution in [1.29, 1.82) is 0 Å². The van der Waals surface area contributed by atoms with Crippen LogP contribution in [-0.4, -0.2) is 18.3 Å². The summed E-state index contributed by atoms with van der Waals surface area (Å²) in [5, 5.41) is 9.71. The number of nitrogens with one attached hydrogen (secondary N) is 2. The van der Waals surface area contributed by atoms with Gasteiger partial charge in [0, 0.05) is 22.3 Å². The molecular formula is C17H14ClN3O3. The maximum atomic E-state index is 11.9. The van der Waals surface area contributed by atoms with Gasteiger partial charge in [0.15, 0.2) is 11.6 Å². The van der Waals surface area contributed by atoms with Crippen molar-refractivity contribution in [2.45, 2.75) is 0 Å². The van der Waals surface area contributed by atoms with E-state index in [0.717, 1.165) is 11.3 Å². The fraction of sp³-hybridized carbons (Fsp3) is 0.0588. The summed E-state index contributed by atoms with van der Waals surface area (Å²) in [6.07, 6.45) is 0. The number of hydrogen-bond donors (Lipinski definition) is 2. The molecular weight excluding hydrogens is 330 g/mol. The monoisotopic (exact) mass is 343 g/mol. The van der Waals surface area contributed by atoms with E-state index in [4.69, 9.17) is 20.9 Å². The molecule has 0 aliphatic carbocycles. The Hall–Kier alpha value is -2.99. The predicted molar refractivity (Wildman–Crippen MR) is 92.6 cm³/mol. The first-order chi connectivity index (χ1) is 11.6. The quantitative estimate of drug-likeness (QED) is 0.723. The second kappa shape index (κ2) is 7.06. The smallest absolute Gasteiger partial charge is 0.324 e. The molecule has 0 radical (unpaired) electrons. The van der Waals surface area contributed by atoms with E-state index in [0.29, 0.717) is 22.3 Å². The SMILES string of the molecule is COc1ccc(-c2cc(NC(=O)Nc3ccc(Cl)cc3)no2)cc1. The van der Waals surface area contributed by atoms with Crippen LogP contribution < -0.4 is 15.4 Å². The van der Waals surface area contributed by atoms with Crippen LogP contribution in [0.4, 0.5) is 16.3 Å². The molecule has 0 fully saturated rings. The third-order valence-corrected chi connectivity index (χ3v) is 3.48. The fourth-order valence-corrected chi connectivity index (χ4v) is 2.16. The van der Waals surface area contributed by atoms with Crippen molar-refractivity contribution in [2.24, 2.45) is 0 Å². The van der Waals surface area contributed by atoms with Gasteiger partial charge < -0.3 is 14.6 Å². The Morgan fingerprint density at radius 3 is 2.46 bits per heavy atom. The van der Waals surface area contributed by atoms with Crippen LogP contribution >= 0.6 is 11.6 Å². The zero-order valence-electron chi connectivity index (χ0n) is 12.7. The van der Waals surface area contributed by atoms with Gasteiger partial charge in [-0.15, -0.1) is 0 Å². The van der Waals surface area contributed by atoms with Gasteiger partial charge in [0.25, 0.3) is 0 Å². The van der Waals surface area contributed by atoms with Gasteiger partial charge in [0.05, 0.1) is 7.11 Å². The number of urea groups is 1. The van der Waals surface area contributed by atoms with Crippen LogP contribution in [0.2, 0.25) is 5.02 Å². The molecule has 0 saturated carbocycles. The van der Waals surface area contributed by atoms with Crippen LogP contribution in [-0.2, 0) is 0 Å². The number of carbonyl (C=O) groups is 1. The van der Waals surface area contributed by atoms with Crippen molar-refractivity contribution >= 4 is 29.1 Å². The lowest BCUT2D eigenvalue weighted by atomic mass is 10.2. The molecule has 0 aliphatic heterocycles. The van der Waals surface area contributed by atoms with Crippen molar-refractivity contribution < 1.29 is 14.1 Å². The Morgan fingerprint density at radius 1 is 1.08 bits per heavy atom. The molecule has 2 N–H and O–H groups in total. The van der Waals surface area contributed by atoms with Crippen LogP contribution in [0.15, 0.2) is 59.1 Å². The summed E-state index contributed by atoms with van der Waals surface area (Å²) < 4.78 is 10.3. The van der Waals surface area contributed by atoms with Crippen molar-refractivity contribution in [3.8, 4) is 17.1 Å². The van der Waals surface area contributed by atoms with E-state index in [1.807, 2.05) is 24.3 Å². The van der Waals surface area contributed by atoms with Crippen LogP contribution in [0.5, 0.6) is 5.75 Å². The van der Waals surface area contributed by atoms with E-state index in [-0.39, 0.29) is 0 Å². The number of aromatic nitrogens is 1. The molecule has 6 nitrogen and oxygen atoms in total. The number of hydrogen-bond acceptors (Lipinski definition) is 4. The third kappa shape index (κ3) is 3.85. The molecule has 122 valence electrons. The Morgan fingerprint density at radius 2 is 1.79 bits per heavy atom. The number of benzene rings is 2. The van der Waals surface area contributed by atoms with Gasteiger partial charge in [-0.3, -0.25) is 5.32 Å². The van der Waals surface area contributed by atoms with Gasteiger partial charge >= 0.3 is 6.03 Å². The summed E-state index contributed by atoms with van der Waals surface area (Å²) in [7, 11) is 1.60. The second-order valence-electron chi connectivity index (χ2n) is 4.89. The summed E-state index contributed by atoms with van der Waals surface area (Å²) in [6, 6.07) is 15.3. The molecule has 0 saturated heterocycles. The summed E-state index contributed by atoms with van der Waals surface area (Å²) >= 11 is 5.80. The number of rotatable bonds is 4. The highest BCUT2D eigenvalue weighted by Crippen LogP contribution is 2.24. The summed E-state index contributed by atoms with van der Waals surface area (Å²) in [4.78, 5) is 11.9. The van der Waals surface area contributed by atoms with Crippen molar-refractivity contribution in [1.82, 2.24) is 5.16 Å². The number of methoxy groups -OCH3 is 1. The molecule has 1 aromatic heterocycles.